The van der Waals surface area contributed by atoms with Crippen LogP contribution in [0.3, 0.4) is 0 Å². The van der Waals surface area contributed by atoms with Gasteiger partial charge in [0.2, 0.25) is 5.89 Å². The van der Waals surface area contributed by atoms with Crippen LogP contribution in [-0.4, -0.2) is 29.8 Å². The first kappa shape index (κ1) is 10.4. The first-order chi connectivity index (χ1) is 7.26. The minimum atomic E-state index is 0.115. The first-order valence-corrected chi connectivity index (χ1v) is 5.53. The van der Waals surface area contributed by atoms with E-state index in [0.717, 1.165) is 6.54 Å². The maximum absolute atomic E-state index is 5.63. The standard InChI is InChI=1S/C10H18N4O/c1-4-14(8-5-6-8)10-13-12-9(15-10)7(2)11-3/h7-8,11H,4-6H2,1-3H3. The van der Waals surface area contributed by atoms with Gasteiger partial charge in [-0.1, -0.05) is 5.10 Å². The first-order valence-electron chi connectivity index (χ1n) is 5.53. The highest BCUT2D eigenvalue weighted by Gasteiger charge is 2.31. The Morgan fingerprint density at radius 3 is 2.80 bits per heavy atom. The molecule has 0 radical (unpaired) electrons. The van der Waals surface area contributed by atoms with Gasteiger partial charge < -0.3 is 14.6 Å². The van der Waals surface area contributed by atoms with E-state index in [1.165, 1.54) is 12.8 Å². The monoisotopic (exact) mass is 210 g/mol. The SMILES string of the molecule is CCN(c1nnc(C(C)NC)o1)C1CC1. The van der Waals surface area contributed by atoms with E-state index in [-0.39, 0.29) is 6.04 Å². The molecule has 2 rings (SSSR count). The van der Waals surface area contributed by atoms with Gasteiger partial charge in [0.15, 0.2) is 0 Å². The molecule has 0 aliphatic heterocycles. The Kier molecular flexibility index (Phi) is 2.90. The summed E-state index contributed by atoms with van der Waals surface area (Å²) in [7, 11) is 1.88. The third-order valence-electron chi connectivity index (χ3n) is 2.81. The summed E-state index contributed by atoms with van der Waals surface area (Å²) in [6.45, 7) is 5.05. The summed E-state index contributed by atoms with van der Waals surface area (Å²) in [5.74, 6) is 0.659. The fourth-order valence-electron chi connectivity index (χ4n) is 1.58. The average molecular weight is 210 g/mol. The van der Waals surface area contributed by atoms with Crippen molar-refractivity contribution in [3.8, 4) is 0 Å². The lowest BCUT2D eigenvalue weighted by Gasteiger charge is -2.16. The van der Waals surface area contributed by atoms with E-state index in [9.17, 15) is 0 Å². The van der Waals surface area contributed by atoms with Crippen LogP contribution in [0.2, 0.25) is 0 Å². The van der Waals surface area contributed by atoms with Gasteiger partial charge in [0.05, 0.1) is 6.04 Å². The zero-order valence-corrected chi connectivity index (χ0v) is 9.53. The quantitative estimate of drug-likeness (QED) is 0.794. The summed E-state index contributed by atoms with van der Waals surface area (Å²) < 4.78 is 5.63. The third-order valence-corrected chi connectivity index (χ3v) is 2.81. The van der Waals surface area contributed by atoms with E-state index in [0.29, 0.717) is 17.9 Å². The summed E-state index contributed by atoms with van der Waals surface area (Å²) in [6, 6.07) is 1.40. The highest BCUT2D eigenvalue weighted by Crippen LogP contribution is 2.30. The van der Waals surface area contributed by atoms with Gasteiger partial charge in [0, 0.05) is 12.6 Å². The molecule has 0 spiro atoms. The van der Waals surface area contributed by atoms with Gasteiger partial charge in [-0.2, -0.15) is 0 Å². The largest absolute Gasteiger partial charge is 0.406 e. The average Bonchev–Trinajstić information content (AvgIpc) is 2.96. The van der Waals surface area contributed by atoms with Gasteiger partial charge in [-0.15, -0.1) is 5.10 Å². The van der Waals surface area contributed by atoms with Crippen LogP contribution in [0.1, 0.15) is 38.6 Å². The number of rotatable bonds is 5. The lowest BCUT2D eigenvalue weighted by molar-refractivity contribution is 0.429. The van der Waals surface area contributed by atoms with Crippen molar-refractivity contribution in [3.05, 3.63) is 5.89 Å². The molecule has 5 heteroatoms. The maximum Gasteiger partial charge on any atom is 0.318 e. The van der Waals surface area contributed by atoms with Crippen LogP contribution in [0.4, 0.5) is 6.01 Å². The molecular weight excluding hydrogens is 192 g/mol. The van der Waals surface area contributed by atoms with Crippen molar-refractivity contribution in [2.75, 3.05) is 18.5 Å². The Morgan fingerprint density at radius 1 is 1.53 bits per heavy atom. The second-order valence-corrected chi connectivity index (χ2v) is 3.95. The van der Waals surface area contributed by atoms with Gasteiger partial charge in [0.1, 0.15) is 0 Å². The van der Waals surface area contributed by atoms with Crippen molar-refractivity contribution in [1.29, 1.82) is 0 Å². The molecule has 1 heterocycles. The fourth-order valence-corrected chi connectivity index (χ4v) is 1.58. The molecule has 84 valence electrons. The maximum atomic E-state index is 5.63. The predicted octanol–water partition coefficient (Wildman–Crippen LogP) is 1.34. The molecule has 1 aromatic rings. The van der Waals surface area contributed by atoms with Crippen LogP contribution in [0.5, 0.6) is 0 Å². The number of hydrogen-bond donors (Lipinski definition) is 1. The van der Waals surface area contributed by atoms with Crippen LogP contribution in [0.25, 0.3) is 0 Å². The molecule has 1 aliphatic rings. The predicted molar refractivity (Wildman–Crippen MR) is 57.8 cm³/mol. The smallest absolute Gasteiger partial charge is 0.318 e. The zero-order chi connectivity index (χ0) is 10.8. The summed E-state index contributed by atoms with van der Waals surface area (Å²) >= 11 is 0. The van der Waals surface area contributed by atoms with Crippen molar-refractivity contribution in [2.24, 2.45) is 0 Å². The van der Waals surface area contributed by atoms with E-state index in [2.05, 4.69) is 27.3 Å². The van der Waals surface area contributed by atoms with Gasteiger partial charge in [-0.25, -0.2) is 0 Å². The molecule has 0 aromatic carbocycles. The van der Waals surface area contributed by atoms with Crippen molar-refractivity contribution < 1.29 is 4.42 Å². The fraction of sp³-hybridized carbons (Fsp3) is 0.800. The molecular formula is C10H18N4O. The van der Waals surface area contributed by atoms with Crippen LogP contribution in [0, 0.1) is 0 Å². The molecule has 0 bridgehead atoms. The minimum Gasteiger partial charge on any atom is -0.406 e. The van der Waals surface area contributed by atoms with E-state index >= 15 is 0 Å². The molecule has 5 nitrogen and oxygen atoms in total. The molecule has 0 amide bonds. The Bertz CT molecular complexity index is 321. The van der Waals surface area contributed by atoms with E-state index < -0.39 is 0 Å². The number of aromatic nitrogens is 2. The summed E-state index contributed by atoms with van der Waals surface area (Å²) in [5, 5.41) is 11.2. The highest BCUT2D eigenvalue weighted by atomic mass is 16.4. The summed E-state index contributed by atoms with van der Waals surface area (Å²) in [4.78, 5) is 2.18. The second kappa shape index (κ2) is 4.18. The third kappa shape index (κ3) is 2.12. The molecule has 1 saturated carbocycles. The highest BCUT2D eigenvalue weighted by molar-refractivity contribution is 5.29. The topological polar surface area (TPSA) is 54.2 Å². The number of hydrogen-bond acceptors (Lipinski definition) is 5. The van der Waals surface area contributed by atoms with Crippen molar-refractivity contribution >= 4 is 6.01 Å². The molecule has 15 heavy (non-hydrogen) atoms. The van der Waals surface area contributed by atoms with Crippen LogP contribution >= 0.6 is 0 Å². The number of nitrogens with zero attached hydrogens (tertiary/aromatic N) is 3. The molecule has 1 N–H and O–H groups in total. The summed E-state index contributed by atoms with van der Waals surface area (Å²) in [5.41, 5.74) is 0. The van der Waals surface area contributed by atoms with Crippen molar-refractivity contribution in [2.45, 2.75) is 38.8 Å². The molecule has 1 fully saturated rings. The Hall–Kier alpha value is -1.10. The van der Waals surface area contributed by atoms with E-state index in [4.69, 9.17) is 4.42 Å². The van der Waals surface area contributed by atoms with Crippen LogP contribution in [-0.2, 0) is 0 Å². The minimum absolute atomic E-state index is 0.115. The second-order valence-electron chi connectivity index (χ2n) is 3.95. The van der Waals surface area contributed by atoms with Gasteiger partial charge in [-0.3, -0.25) is 0 Å². The number of anilines is 1. The van der Waals surface area contributed by atoms with Crippen LogP contribution in [0.15, 0.2) is 4.42 Å². The Labute approximate surface area is 89.9 Å². The molecule has 1 atom stereocenters. The number of nitrogens with one attached hydrogen (secondary N) is 1. The molecule has 0 saturated heterocycles. The van der Waals surface area contributed by atoms with Crippen molar-refractivity contribution in [1.82, 2.24) is 15.5 Å². The zero-order valence-electron chi connectivity index (χ0n) is 9.53. The van der Waals surface area contributed by atoms with Gasteiger partial charge >= 0.3 is 6.01 Å². The van der Waals surface area contributed by atoms with Crippen LogP contribution < -0.4 is 10.2 Å². The van der Waals surface area contributed by atoms with E-state index in [1.807, 2.05) is 14.0 Å². The lowest BCUT2D eigenvalue weighted by atomic mass is 10.3. The van der Waals surface area contributed by atoms with Gasteiger partial charge in [0.25, 0.3) is 0 Å². The summed E-state index contributed by atoms with van der Waals surface area (Å²) in [6.07, 6.45) is 2.49. The molecule has 1 aliphatic carbocycles. The lowest BCUT2D eigenvalue weighted by Crippen LogP contribution is -2.25. The Morgan fingerprint density at radius 2 is 2.27 bits per heavy atom. The normalized spacial score (nSPS) is 17.8. The van der Waals surface area contributed by atoms with Crippen molar-refractivity contribution in [3.63, 3.8) is 0 Å². The Balaban J connectivity index is 2.10. The van der Waals surface area contributed by atoms with E-state index in [1.54, 1.807) is 0 Å². The van der Waals surface area contributed by atoms with Gasteiger partial charge in [-0.05, 0) is 33.7 Å². The molecule has 1 aromatic heterocycles. The molecule has 1 unspecified atom stereocenters.